The predicted octanol–water partition coefficient (Wildman–Crippen LogP) is 3.39. The summed E-state index contributed by atoms with van der Waals surface area (Å²) in [4.78, 5) is 22.7. The fourth-order valence-electron chi connectivity index (χ4n) is 2.27. The van der Waals surface area contributed by atoms with Crippen molar-refractivity contribution < 1.29 is 10.0 Å². The normalized spacial score (nSPS) is 10.8. The minimum absolute atomic E-state index is 0.0637. The van der Waals surface area contributed by atoms with Gasteiger partial charge < -0.3 is 5.11 Å². The summed E-state index contributed by atoms with van der Waals surface area (Å²) in [6, 6.07) is 5.96. The number of nitrogens with zero attached hydrogens (tertiary/aromatic N) is 5. The minimum atomic E-state index is -0.594. The van der Waals surface area contributed by atoms with Gasteiger partial charge in [0.1, 0.15) is 11.6 Å². The largest absolute Gasteiger partial charge is 0.493 e. The second-order valence-corrected chi connectivity index (χ2v) is 5.26. The van der Waals surface area contributed by atoms with Crippen molar-refractivity contribution >= 4 is 17.1 Å². The van der Waals surface area contributed by atoms with E-state index in [1.807, 2.05) is 6.07 Å². The Morgan fingerprint density at radius 2 is 2.04 bits per heavy atom. The summed E-state index contributed by atoms with van der Waals surface area (Å²) in [5.41, 5.74) is 0.175. The molecule has 128 valence electrons. The van der Waals surface area contributed by atoms with E-state index < -0.39 is 16.4 Å². The van der Waals surface area contributed by atoms with Crippen molar-refractivity contribution in [1.82, 2.24) is 4.57 Å². The molecule has 0 aliphatic heterocycles. The van der Waals surface area contributed by atoms with Gasteiger partial charge in [-0.25, -0.2) is 0 Å². The Balaban J connectivity index is 2.64. The van der Waals surface area contributed by atoms with Crippen LogP contribution in [0.3, 0.4) is 0 Å². The van der Waals surface area contributed by atoms with Gasteiger partial charge in [0.05, 0.1) is 10.6 Å². The predicted molar refractivity (Wildman–Crippen MR) is 89.5 cm³/mol. The maximum Gasteiger partial charge on any atom is 0.281 e. The molecular weight excluding hydrogens is 326 g/mol. The van der Waals surface area contributed by atoms with Crippen LogP contribution in [0.4, 0.5) is 17.1 Å². The number of aromatic hydroxyl groups is 1. The molecule has 0 unspecified atom stereocenters. The van der Waals surface area contributed by atoms with E-state index in [9.17, 15) is 25.3 Å². The molecule has 9 heteroatoms. The first-order valence-corrected chi connectivity index (χ1v) is 7.35. The highest BCUT2D eigenvalue weighted by Gasteiger charge is 2.18. The molecule has 2 aromatic rings. The second-order valence-electron chi connectivity index (χ2n) is 5.26. The first-order chi connectivity index (χ1) is 11.8. The molecule has 25 heavy (non-hydrogen) atoms. The molecule has 0 radical (unpaired) electrons. The Bertz CT molecular complexity index is 985. The summed E-state index contributed by atoms with van der Waals surface area (Å²) in [6.45, 7) is 4.97. The van der Waals surface area contributed by atoms with E-state index in [-0.39, 0.29) is 34.7 Å². The molecule has 0 amide bonds. The van der Waals surface area contributed by atoms with Crippen LogP contribution in [0.15, 0.2) is 33.2 Å². The monoisotopic (exact) mass is 341 g/mol. The van der Waals surface area contributed by atoms with Crippen LogP contribution in [-0.2, 0) is 6.54 Å². The quantitative estimate of drug-likeness (QED) is 0.517. The number of aryl methyl sites for hydroxylation is 1. The molecule has 0 bridgehead atoms. The lowest BCUT2D eigenvalue weighted by Crippen LogP contribution is -2.20. The lowest BCUT2D eigenvalue weighted by molar-refractivity contribution is -0.384. The first kappa shape index (κ1) is 17.8. The zero-order valence-electron chi connectivity index (χ0n) is 13.8. The third-order valence-electron chi connectivity index (χ3n) is 3.75. The van der Waals surface area contributed by atoms with Crippen LogP contribution in [0.25, 0.3) is 0 Å². The maximum absolute atomic E-state index is 12.4. The molecular formula is C16H15N5O4. The molecule has 0 saturated heterocycles. The number of hydrogen-bond donors (Lipinski definition) is 1. The number of nitro benzene ring substituents is 1. The molecule has 1 N–H and O–H groups in total. The molecule has 1 aromatic heterocycles. The van der Waals surface area contributed by atoms with Gasteiger partial charge in [0.15, 0.2) is 5.69 Å². The van der Waals surface area contributed by atoms with Crippen molar-refractivity contribution in [1.29, 1.82) is 5.26 Å². The smallest absolute Gasteiger partial charge is 0.281 e. The van der Waals surface area contributed by atoms with Gasteiger partial charge in [0, 0.05) is 24.2 Å². The third kappa shape index (κ3) is 3.23. The SMILES string of the molecule is CCn1c(O)c(C#N)c(C)c(N=Nc2cc([N+](=O)[O-])ccc2C)c1=O. The lowest BCUT2D eigenvalue weighted by Gasteiger charge is -2.10. The Kier molecular flexibility index (Phi) is 4.93. The number of azo groups is 1. The van der Waals surface area contributed by atoms with Gasteiger partial charge in [-0.1, -0.05) is 6.07 Å². The van der Waals surface area contributed by atoms with E-state index in [0.29, 0.717) is 5.56 Å². The molecule has 0 spiro atoms. The molecule has 9 nitrogen and oxygen atoms in total. The Hall–Kier alpha value is -3.54. The van der Waals surface area contributed by atoms with Crippen molar-refractivity contribution in [3.8, 4) is 11.9 Å². The number of non-ortho nitro benzene ring substituents is 1. The molecule has 1 heterocycles. The van der Waals surface area contributed by atoms with Gasteiger partial charge in [0.25, 0.3) is 11.2 Å². The summed E-state index contributed by atoms with van der Waals surface area (Å²) >= 11 is 0. The van der Waals surface area contributed by atoms with Gasteiger partial charge >= 0.3 is 0 Å². The van der Waals surface area contributed by atoms with Crippen molar-refractivity contribution in [2.24, 2.45) is 10.2 Å². The Morgan fingerprint density at radius 1 is 1.36 bits per heavy atom. The molecule has 0 atom stereocenters. The molecule has 2 rings (SSSR count). The molecule has 1 aromatic carbocycles. The Labute approximate surface area is 142 Å². The molecule has 0 fully saturated rings. The van der Waals surface area contributed by atoms with Gasteiger partial charge in [-0.2, -0.15) is 5.26 Å². The average Bonchev–Trinajstić information content (AvgIpc) is 2.56. The van der Waals surface area contributed by atoms with E-state index in [4.69, 9.17) is 0 Å². The summed E-state index contributed by atoms with van der Waals surface area (Å²) in [7, 11) is 0. The fourth-order valence-corrected chi connectivity index (χ4v) is 2.27. The van der Waals surface area contributed by atoms with E-state index >= 15 is 0 Å². The van der Waals surface area contributed by atoms with Crippen LogP contribution in [0.5, 0.6) is 5.88 Å². The lowest BCUT2D eigenvalue weighted by atomic mass is 10.1. The standard InChI is InChI=1S/C16H15N5O4/c1-4-20-15(22)12(8-17)10(3)14(16(20)23)19-18-13-7-11(21(24)25)6-5-9(13)2/h5-7,22H,4H2,1-3H3. The Morgan fingerprint density at radius 3 is 2.60 bits per heavy atom. The second kappa shape index (κ2) is 6.92. The minimum Gasteiger partial charge on any atom is -0.493 e. The number of benzene rings is 1. The number of aromatic nitrogens is 1. The highest BCUT2D eigenvalue weighted by molar-refractivity contribution is 5.57. The molecule has 0 saturated carbocycles. The van der Waals surface area contributed by atoms with E-state index in [2.05, 4.69) is 10.2 Å². The summed E-state index contributed by atoms with van der Waals surface area (Å²) in [5.74, 6) is -0.419. The van der Waals surface area contributed by atoms with Gasteiger partial charge in [-0.15, -0.1) is 10.2 Å². The van der Waals surface area contributed by atoms with Crippen LogP contribution in [-0.4, -0.2) is 14.6 Å². The maximum atomic E-state index is 12.4. The van der Waals surface area contributed by atoms with Gasteiger partial charge in [-0.3, -0.25) is 19.5 Å². The van der Waals surface area contributed by atoms with Crippen molar-refractivity contribution in [2.45, 2.75) is 27.3 Å². The van der Waals surface area contributed by atoms with Crippen LogP contribution < -0.4 is 5.56 Å². The van der Waals surface area contributed by atoms with Crippen LogP contribution in [0, 0.1) is 35.3 Å². The summed E-state index contributed by atoms with van der Waals surface area (Å²) < 4.78 is 1.01. The number of pyridine rings is 1. The van der Waals surface area contributed by atoms with E-state index in [1.165, 1.54) is 25.1 Å². The van der Waals surface area contributed by atoms with Gasteiger partial charge in [0.2, 0.25) is 5.88 Å². The number of rotatable bonds is 4. The average molecular weight is 341 g/mol. The van der Waals surface area contributed by atoms with Crippen LogP contribution in [0.1, 0.15) is 23.6 Å². The third-order valence-corrected chi connectivity index (χ3v) is 3.75. The van der Waals surface area contributed by atoms with E-state index in [1.54, 1.807) is 13.8 Å². The van der Waals surface area contributed by atoms with Gasteiger partial charge in [-0.05, 0) is 26.3 Å². The highest BCUT2D eigenvalue weighted by atomic mass is 16.6. The van der Waals surface area contributed by atoms with Crippen molar-refractivity contribution in [3.63, 3.8) is 0 Å². The number of hydrogen-bond acceptors (Lipinski definition) is 7. The van der Waals surface area contributed by atoms with Crippen molar-refractivity contribution in [2.75, 3.05) is 0 Å². The fraction of sp³-hybridized carbons (Fsp3) is 0.250. The summed E-state index contributed by atoms with van der Waals surface area (Å²) in [6.07, 6.45) is 0. The zero-order valence-corrected chi connectivity index (χ0v) is 13.8. The summed E-state index contributed by atoms with van der Waals surface area (Å²) in [5, 5.41) is 37.9. The highest BCUT2D eigenvalue weighted by Crippen LogP contribution is 2.29. The topological polar surface area (TPSA) is 134 Å². The van der Waals surface area contributed by atoms with Crippen molar-refractivity contribution in [3.05, 3.63) is 55.4 Å². The first-order valence-electron chi connectivity index (χ1n) is 7.35. The zero-order chi connectivity index (χ0) is 18.7. The van der Waals surface area contributed by atoms with E-state index in [0.717, 1.165) is 4.57 Å². The molecule has 0 aliphatic carbocycles. The number of nitriles is 1. The molecule has 0 aliphatic rings. The van der Waals surface area contributed by atoms with Crippen LogP contribution in [0.2, 0.25) is 0 Å². The van der Waals surface area contributed by atoms with Crippen LogP contribution >= 0.6 is 0 Å². The number of nitro groups is 1.